The highest BCUT2D eigenvalue weighted by atomic mass is 32.1. The average Bonchev–Trinajstić information content (AvgIpc) is 4.00. The topological polar surface area (TPSA) is 3.24 Å². The molecule has 1 aromatic heterocycles. The Morgan fingerprint density at radius 1 is 0.369 bits per heavy atom. The van der Waals surface area contributed by atoms with Crippen molar-refractivity contribution < 1.29 is 0 Å². The Morgan fingerprint density at radius 3 is 1.65 bits per heavy atom. The van der Waals surface area contributed by atoms with Crippen molar-refractivity contribution in [2.75, 3.05) is 4.90 Å². The predicted octanol–water partition coefficient (Wildman–Crippen LogP) is 16.9. The molecule has 0 radical (unpaired) electrons. The minimum atomic E-state index is -0.475. The molecular weight excluding hydrogens is 803 g/mol. The summed E-state index contributed by atoms with van der Waals surface area (Å²) in [4.78, 5) is 2.52. The second kappa shape index (κ2) is 14.6. The Labute approximate surface area is 384 Å². The van der Waals surface area contributed by atoms with E-state index in [1.807, 2.05) is 11.3 Å². The van der Waals surface area contributed by atoms with Gasteiger partial charge in [0.2, 0.25) is 0 Å². The lowest BCUT2D eigenvalue weighted by molar-refractivity contribution is 0.714. The monoisotopic (exact) mass is 845 g/mol. The molecule has 1 atom stereocenters. The summed E-state index contributed by atoms with van der Waals surface area (Å²) in [6, 6.07) is 90.4. The van der Waals surface area contributed by atoms with E-state index >= 15 is 0 Å². The molecule has 306 valence electrons. The van der Waals surface area contributed by atoms with E-state index in [9.17, 15) is 0 Å². The molecule has 13 rings (SSSR count). The van der Waals surface area contributed by atoms with Crippen molar-refractivity contribution in [2.45, 2.75) is 17.8 Å². The maximum atomic E-state index is 2.52. The third-order valence-electron chi connectivity index (χ3n) is 14.4. The molecule has 11 aromatic rings. The summed E-state index contributed by atoms with van der Waals surface area (Å²) in [6.07, 6.45) is 0. The lowest BCUT2D eigenvalue weighted by atomic mass is 9.68. The maximum absolute atomic E-state index is 2.52. The zero-order valence-corrected chi connectivity index (χ0v) is 36.8. The van der Waals surface area contributed by atoms with Gasteiger partial charge in [0.15, 0.2) is 0 Å². The van der Waals surface area contributed by atoms with Crippen LogP contribution in [0.15, 0.2) is 243 Å². The Kier molecular flexibility index (Phi) is 8.50. The molecule has 0 spiro atoms. The Balaban J connectivity index is 1.06. The zero-order chi connectivity index (χ0) is 43.1. The minimum Gasteiger partial charge on any atom is -0.310 e. The highest BCUT2D eigenvalue weighted by Crippen LogP contribution is 2.59. The van der Waals surface area contributed by atoms with E-state index in [1.165, 1.54) is 92.5 Å². The first kappa shape index (κ1) is 37.7. The molecule has 2 heteroatoms. The third kappa shape index (κ3) is 5.45. The fourth-order valence-electron chi connectivity index (χ4n) is 11.6. The Hall–Kier alpha value is -7.78. The van der Waals surface area contributed by atoms with Crippen LogP contribution in [0.25, 0.3) is 53.6 Å². The molecule has 0 fully saturated rings. The number of benzene rings is 10. The van der Waals surface area contributed by atoms with Gasteiger partial charge in [0.25, 0.3) is 0 Å². The van der Waals surface area contributed by atoms with Crippen molar-refractivity contribution in [1.82, 2.24) is 0 Å². The highest BCUT2D eigenvalue weighted by molar-refractivity contribution is 7.25. The molecule has 1 unspecified atom stereocenters. The molecular formula is C63H43NS. The highest BCUT2D eigenvalue weighted by Gasteiger charge is 2.47. The standard InChI is InChI=1S/C63H43NS/c1-62(43-19-5-2-6-20-43)53-29-14-12-26-50(53)61-56(62)31-18-32-57(61)64(46-37-35-42(36-38-46)48-28-17-34-59-60(48)51-27-13-16-33-58(51)65-59)47-39-40-55-52(41-47)49-25-11-15-30-54(49)63(55,44-21-7-3-8-22-44)45-23-9-4-10-24-45/h2-41H,1H3. The summed E-state index contributed by atoms with van der Waals surface area (Å²) in [7, 11) is 0. The molecule has 0 saturated carbocycles. The van der Waals surface area contributed by atoms with E-state index in [1.54, 1.807) is 0 Å². The first-order valence-electron chi connectivity index (χ1n) is 22.6. The molecule has 0 aliphatic heterocycles. The van der Waals surface area contributed by atoms with Gasteiger partial charge < -0.3 is 4.90 Å². The van der Waals surface area contributed by atoms with E-state index in [-0.39, 0.29) is 5.41 Å². The second-order valence-electron chi connectivity index (χ2n) is 17.7. The van der Waals surface area contributed by atoms with Crippen molar-refractivity contribution in [3.8, 4) is 33.4 Å². The summed E-state index contributed by atoms with van der Waals surface area (Å²) >= 11 is 1.87. The molecule has 0 saturated heterocycles. The lowest BCUT2D eigenvalue weighted by Crippen LogP contribution is -2.28. The van der Waals surface area contributed by atoms with Gasteiger partial charge in [-0.05, 0) is 116 Å². The van der Waals surface area contributed by atoms with Crippen LogP contribution < -0.4 is 4.90 Å². The molecule has 2 aliphatic rings. The molecule has 1 heterocycles. The fraction of sp³-hybridized carbons (Fsp3) is 0.0476. The SMILES string of the molecule is CC1(c2ccccc2)c2ccccc2-c2c(N(c3ccc(-c4cccc5sc6ccccc6c45)cc3)c3ccc4c(c3)-c3ccccc3C4(c3ccccc3)c3ccccc3)cccc21. The van der Waals surface area contributed by atoms with Crippen molar-refractivity contribution >= 4 is 48.6 Å². The molecule has 65 heavy (non-hydrogen) atoms. The number of anilines is 3. The van der Waals surface area contributed by atoms with Crippen LogP contribution in [-0.4, -0.2) is 0 Å². The molecule has 0 amide bonds. The number of hydrogen-bond donors (Lipinski definition) is 0. The van der Waals surface area contributed by atoms with E-state index in [0.717, 1.165) is 17.1 Å². The van der Waals surface area contributed by atoms with Crippen LogP contribution in [0.3, 0.4) is 0 Å². The Morgan fingerprint density at radius 2 is 0.908 bits per heavy atom. The number of thiophene rings is 1. The van der Waals surface area contributed by atoms with Gasteiger partial charge in [-0.15, -0.1) is 11.3 Å². The van der Waals surface area contributed by atoms with Crippen LogP contribution >= 0.6 is 11.3 Å². The number of hydrogen-bond acceptors (Lipinski definition) is 2. The van der Waals surface area contributed by atoms with E-state index < -0.39 is 5.41 Å². The third-order valence-corrected chi connectivity index (χ3v) is 15.6. The number of fused-ring (bicyclic) bond motifs is 9. The van der Waals surface area contributed by atoms with Crippen LogP contribution in [-0.2, 0) is 10.8 Å². The van der Waals surface area contributed by atoms with Crippen LogP contribution in [0.5, 0.6) is 0 Å². The summed E-state index contributed by atoms with van der Waals surface area (Å²) < 4.78 is 2.63. The molecule has 2 aliphatic carbocycles. The zero-order valence-electron chi connectivity index (χ0n) is 35.9. The molecule has 0 N–H and O–H groups in total. The minimum absolute atomic E-state index is 0.331. The maximum Gasteiger partial charge on any atom is 0.0713 e. The van der Waals surface area contributed by atoms with Gasteiger partial charge in [0.05, 0.1) is 11.1 Å². The van der Waals surface area contributed by atoms with E-state index in [0.29, 0.717) is 0 Å². The summed E-state index contributed by atoms with van der Waals surface area (Å²) in [6.45, 7) is 2.41. The predicted molar refractivity (Wildman–Crippen MR) is 274 cm³/mol. The van der Waals surface area contributed by atoms with Crippen molar-refractivity contribution in [3.63, 3.8) is 0 Å². The lowest BCUT2D eigenvalue weighted by Gasteiger charge is -2.34. The van der Waals surface area contributed by atoms with Gasteiger partial charge in [0.1, 0.15) is 0 Å². The van der Waals surface area contributed by atoms with Crippen molar-refractivity contribution in [3.05, 3.63) is 282 Å². The van der Waals surface area contributed by atoms with Crippen LogP contribution in [0.2, 0.25) is 0 Å². The smallest absolute Gasteiger partial charge is 0.0713 e. The summed E-state index contributed by atoms with van der Waals surface area (Å²) in [5.74, 6) is 0. The van der Waals surface area contributed by atoms with Gasteiger partial charge in [-0.3, -0.25) is 0 Å². The van der Waals surface area contributed by atoms with Crippen LogP contribution in [0.1, 0.15) is 45.9 Å². The average molecular weight is 846 g/mol. The van der Waals surface area contributed by atoms with Gasteiger partial charge in [0, 0.05) is 42.5 Å². The first-order valence-corrected chi connectivity index (χ1v) is 23.4. The normalized spacial score (nSPS) is 15.3. The van der Waals surface area contributed by atoms with Gasteiger partial charge in [-0.25, -0.2) is 0 Å². The summed E-state index contributed by atoms with van der Waals surface area (Å²) in [5, 5.41) is 2.64. The van der Waals surface area contributed by atoms with Crippen molar-refractivity contribution in [2.24, 2.45) is 0 Å². The largest absolute Gasteiger partial charge is 0.310 e. The number of rotatable bonds is 7. The van der Waals surface area contributed by atoms with E-state index in [4.69, 9.17) is 0 Å². The second-order valence-corrected chi connectivity index (χ2v) is 18.7. The summed E-state index contributed by atoms with van der Waals surface area (Å²) in [5.41, 5.74) is 19.2. The van der Waals surface area contributed by atoms with Crippen molar-refractivity contribution in [1.29, 1.82) is 0 Å². The van der Waals surface area contributed by atoms with Crippen LogP contribution in [0, 0.1) is 0 Å². The first-order chi connectivity index (χ1) is 32.1. The van der Waals surface area contributed by atoms with E-state index in [2.05, 4.69) is 254 Å². The van der Waals surface area contributed by atoms with Gasteiger partial charge >= 0.3 is 0 Å². The number of nitrogens with zero attached hydrogens (tertiary/aromatic N) is 1. The van der Waals surface area contributed by atoms with Gasteiger partial charge in [-0.1, -0.05) is 200 Å². The molecule has 10 aromatic carbocycles. The fourth-order valence-corrected chi connectivity index (χ4v) is 12.7. The van der Waals surface area contributed by atoms with Gasteiger partial charge in [-0.2, -0.15) is 0 Å². The Bertz CT molecular complexity index is 3570. The quantitative estimate of drug-likeness (QED) is 0.154. The molecule has 1 nitrogen and oxygen atoms in total. The molecule has 0 bridgehead atoms. The van der Waals surface area contributed by atoms with Crippen LogP contribution in [0.4, 0.5) is 17.1 Å².